The second-order valence-corrected chi connectivity index (χ2v) is 9.33. The summed E-state index contributed by atoms with van der Waals surface area (Å²) in [7, 11) is -3.66. The number of carbonyl (C=O) groups excluding carboxylic acids is 1. The number of morpholine rings is 2. The van der Waals surface area contributed by atoms with Crippen molar-refractivity contribution < 1.29 is 22.7 Å². The van der Waals surface area contributed by atoms with Gasteiger partial charge in [0.05, 0.1) is 37.5 Å². The molecule has 1 N–H and O–H groups in total. The summed E-state index contributed by atoms with van der Waals surface area (Å²) >= 11 is 0. The fraction of sp³-hybridized carbons (Fsp3) is 0.650. The number of sulfonamides is 1. The van der Waals surface area contributed by atoms with Crippen LogP contribution in [0.5, 0.6) is 0 Å². The van der Waals surface area contributed by atoms with Crippen LogP contribution in [0.15, 0.2) is 23.1 Å². The average Bonchev–Trinajstić information content (AvgIpc) is 2.74. The van der Waals surface area contributed by atoms with E-state index in [1.54, 1.807) is 19.1 Å². The smallest absolute Gasteiger partial charge is 0.252 e. The van der Waals surface area contributed by atoms with Crippen molar-refractivity contribution in [3.8, 4) is 0 Å². The molecule has 2 aliphatic rings. The summed E-state index contributed by atoms with van der Waals surface area (Å²) in [6.45, 7) is 8.12. The Kier molecular flexibility index (Phi) is 7.64. The van der Waals surface area contributed by atoms with Crippen LogP contribution in [0.3, 0.4) is 0 Å². The molecule has 2 heterocycles. The van der Waals surface area contributed by atoms with Crippen molar-refractivity contribution in [2.24, 2.45) is 0 Å². The van der Waals surface area contributed by atoms with Gasteiger partial charge in [-0.05, 0) is 31.0 Å². The Bertz CT molecular complexity index is 802. The molecule has 162 valence electrons. The van der Waals surface area contributed by atoms with Gasteiger partial charge >= 0.3 is 0 Å². The van der Waals surface area contributed by atoms with Gasteiger partial charge in [-0.1, -0.05) is 19.4 Å². The minimum absolute atomic E-state index is 0.0861. The van der Waals surface area contributed by atoms with Crippen molar-refractivity contribution in [1.82, 2.24) is 14.5 Å². The molecule has 8 nitrogen and oxygen atoms in total. The van der Waals surface area contributed by atoms with E-state index in [4.69, 9.17) is 9.47 Å². The summed E-state index contributed by atoms with van der Waals surface area (Å²) in [5.41, 5.74) is 0.989. The number of nitrogens with zero attached hydrogens (tertiary/aromatic N) is 2. The second-order valence-electron chi connectivity index (χ2n) is 7.42. The van der Waals surface area contributed by atoms with Crippen molar-refractivity contribution in [2.45, 2.75) is 37.8 Å². The van der Waals surface area contributed by atoms with Crippen molar-refractivity contribution in [3.05, 3.63) is 29.3 Å². The summed E-state index contributed by atoms with van der Waals surface area (Å²) in [5.74, 6) is -0.256. The predicted molar refractivity (Wildman–Crippen MR) is 109 cm³/mol. The van der Waals surface area contributed by atoms with Crippen molar-refractivity contribution in [2.75, 3.05) is 52.6 Å². The first kappa shape index (κ1) is 22.2. The van der Waals surface area contributed by atoms with Crippen LogP contribution >= 0.6 is 0 Å². The molecule has 0 bridgehead atoms. The minimum Gasteiger partial charge on any atom is -0.379 e. The van der Waals surface area contributed by atoms with Gasteiger partial charge in [-0.25, -0.2) is 8.42 Å². The first-order valence-electron chi connectivity index (χ1n) is 10.2. The number of rotatable bonds is 7. The van der Waals surface area contributed by atoms with E-state index in [2.05, 4.69) is 17.1 Å². The molecule has 0 saturated carbocycles. The number of ether oxygens (including phenoxy) is 2. The van der Waals surface area contributed by atoms with E-state index >= 15 is 0 Å². The third kappa shape index (κ3) is 5.35. The van der Waals surface area contributed by atoms with Gasteiger partial charge in [-0.3, -0.25) is 9.69 Å². The molecule has 1 atom stereocenters. The van der Waals surface area contributed by atoms with Crippen LogP contribution in [-0.4, -0.2) is 82.3 Å². The summed E-state index contributed by atoms with van der Waals surface area (Å²) in [6, 6.07) is 4.88. The fourth-order valence-electron chi connectivity index (χ4n) is 3.69. The first-order valence-corrected chi connectivity index (χ1v) is 11.7. The van der Waals surface area contributed by atoms with Crippen LogP contribution in [0, 0.1) is 6.92 Å². The lowest BCUT2D eigenvalue weighted by atomic mass is 10.1. The zero-order valence-electron chi connectivity index (χ0n) is 17.2. The molecule has 0 aromatic heterocycles. The summed E-state index contributed by atoms with van der Waals surface area (Å²) in [5, 5.41) is 3.08. The monoisotopic (exact) mass is 425 g/mol. The molecule has 1 aromatic carbocycles. The Morgan fingerprint density at radius 2 is 1.72 bits per heavy atom. The molecule has 1 aromatic rings. The lowest BCUT2D eigenvalue weighted by Gasteiger charge is -2.34. The quantitative estimate of drug-likeness (QED) is 0.706. The van der Waals surface area contributed by atoms with Gasteiger partial charge in [0, 0.05) is 31.7 Å². The Balaban J connectivity index is 1.79. The lowest BCUT2D eigenvalue weighted by molar-refractivity contribution is 0.00702. The Morgan fingerprint density at radius 3 is 2.34 bits per heavy atom. The number of carbonyl (C=O) groups is 1. The maximum atomic E-state index is 13.1. The van der Waals surface area contributed by atoms with Gasteiger partial charge < -0.3 is 14.8 Å². The topological polar surface area (TPSA) is 88.2 Å². The van der Waals surface area contributed by atoms with E-state index in [0.29, 0.717) is 50.6 Å². The molecule has 3 rings (SSSR count). The lowest BCUT2D eigenvalue weighted by Crippen LogP contribution is -2.52. The van der Waals surface area contributed by atoms with Gasteiger partial charge in [0.2, 0.25) is 10.0 Å². The SMILES string of the molecule is CCCC(NC(=O)c1ccc(C)c(S(=O)(=O)N2CCOCC2)c1)N1CCOCC1. The zero-order valence-corrected chi connectivity index (χ0v) is 18.0. The zero-order chi connectivity index (χ0) is 20.9. The first-order chi connectivity index (χ1) is 13.9. The third-order valence-corrected chi connectivity index (χ3v) is 7.43. The highest BCUT2D eigenvalue weighted by atomic mass is 32.2. The fourth-order valence-corrected chi connectivity index (χ4v) is 5.35. The summed E-state index contributed by atoms with van der Waals surface area (Å²) in [4.78, 5) is 15.3. The molecule has 2 fully saturated rings. The van der Waals surface area contributed by atoms with Gasteiger partial charge in [0.25, 0.3) is 5.91 Å². The van der Waals surface area contributed by atoms with Crippen LogP contribution < -0.4 is 5.32 Å². The number of amides is 1. The van der Waals surface area contributed by atoms with Crippen LogP contribution in [0.25, 0.3) is 0 Å². The van der Waals surface area contributed by atoms with Crippen LogP contribution in [0.4, 0.5) is 0 Å². The largest absolute Gasteiger partial charge is 0.379 e. The Labute approximate surface area is 173 Å². The molecule has 0 spiro atoms. The Hall–Kier alpha value is -1.52. The molecule has 0 aliphatic carbocycles. The van der Waals surface area contributed by atoms with Gasteiger partial charge in [0.15, 0.2) is 0 Å². The Morgan fingerprint density at radius 1 is 1.10 bits per heavy atom. The van der Waals surface area contributed by atoms with E-state index in [1.807, 2.05) is 0 Å². The van der Waals surface area contributed by atoms with Crippen molar-refractivity contribution in [3.63, 3.8) is 0 Å². The van der Waals surface area contributed by atoms with E-state index in [-0.39, 0.29) is 17.0 Å². The summed E-state index contributed by atoms with van der Waals surface area (Å²) < 4.78 is 38.2. The molecule has 1 unspecified atom stereocenters. The van der Waals surface area contributed by atoms with E-state index in [0.717, 1.165) is 25.9 Å². The highest BCUT2D eigenvalue weighted by Crippen LogP contribution is 2.22. The molecule has 29 heavy (non-hydrogen) atoms. The molecular formula is C20H31N3O5S. The molecule has 2 saturated heterocycles. The van der Waals surface area contributed by atoms with Gasteiger partial charge in [0.1, 0.15) is 0 Å². The minimum atomic E-state index is -3.66. The maximum Gasteiger partial charge on any atom is 0.252 e. The third-order valence-electron chi connectivity index (χ3n) is 5.38. The highest BCUT2D eigenvalue weighted by Gasteiger charge is 2.29. The summed E-state index contributed by atoms with van der Waals surface area (Å²) in [6.07, 6.45) is 1.68. The highest BCUT2D eigenvalue weighted by molar-refractivity contribution is 7.89. The van der Waals surface area contributed by atoms with E-state index in [1.165, 1.54) is 10.4 Å². The normalized spacial score (nSPS) is 20.3. The maximum absolute atomic E-state index is 13.1. The molecule has 0 radical (unpaired) electrons. The van der Waals surface area contributed by atoms with E-state index < -0.39 is 10.0 Å². The molecular weight excluding hydrogens is 394 g/mol. The van der Waals surface area contributed by atoms with Crippen LogP contribution in [0.2, 0.25) is 0 Å². The number of hydrogen-bond acceptors (Lipinski definition) is 6. The van der Waals surface area contributed by atoms with Crippen molar-refractivity contribution >= 4 is 15.9 Å². The number of nitrogens with one attached hydrogen (secondary N) is 1. The molecule has 1 amide bonds. The number of hydrogen-bond donors (Lipinski definition) is 1. The predicted octanol–water partition coefficient (Wildman–Crippen LogP) is 1.20. The van der Waals surface area contributed by atoms with Crippen molar-refractivity contribution in [1.29, 1.82) is 0 Å². The van der Waals surface area contributed by atoms with Crippen LogP contribution in [0.1, 0.15) is 35.7 Å². The standard InChI is InChI=1S/C20H31N3O5S/c1-3-4-19(22-7-11-27-12-8-22)21-20(24)17-6-5-16(2)18(15-17)29(25,26)23-9-13-28-14-10-23/h5-6,15,19H,3-4,7-14H2,1-2H3,(H,21,24). The van der Waals surface area contributed by atoms with Crippen LogP contribution in [-0.2, 0) is 19.5 Å². The van der Waals surface area contributed by atoms with Gasteiger partial charge in [-0.2, -0.15) is 4.31 Å². The number of aryl methyl sites for hydroxylation is 1. The molecule has 9 heteroatoms. The second kappa shape index (κ2) is 9.99. The average molecular weight is 426 g/mol. The number of benzene rings is 1. The van der Waals surface area contributed by atoms with Gasteiger partial charge in [-0.15, -0.1) is 0 Å². The molecule has 2 aliphatic heterocycles. The van der Waals surface area contributed by atoms with E-state index in [9.17, 15) is 13.2 Å².